The van der Waals surface area contributed by atoms with Crippen molar-refractivity contribution in [3.63, 3.8) is 0 Å². The van der Waals surface area contributed by atoms with Crippen LogP contribution in [0.3, 0.4) is 0 Å². The van der Waals surface area contributed by atoms with Crippen LogP contribution in [0.15, 0.2) is 48.8 Å². The summed E-state index contributed by atoms with van der Waals surface area (Å²) in [5.74, 6) is 1.11. The Bertz CT molecular complexity index is 1140. The van der Waals surface area contributed by atoms with Gasteiger partial charge in [-0.25, -0.2) is 14.6 Å². The molecule has 3 aromatic rings. The normalized spacial score (nSPS) is 12.8. The van der Waals surface area contributed by atoms with E-state index in [-0.39, 0.29) is 30.3 Å². The van der Waals surface area contributed by atoms with E-state index >= 15 is 0 Å². The lowest BCUT2D eigenvalue weighted by Gasteiger charge is -2.10. The number of nitrogens with zero attached hydrogens (tertiary/aromatic N) is 2. The van der Waals surface area contributed by atoms with Crippen molar-refractivity contribution in [2.75, 3.05) is 18.9 Å². The molecule has 4 amide bonds. The van der Waals surface area contributed by atoms with Gasteiger partial charge in [0, 0.05) is 36.9 Å². The van der Waals surface area contributed by atoms with Crippen molar-refractivity contribution in [1.82, 2.24) is 25.5 Å². The number of fused-ring (bicyclic) bond motifs is 1. The van der Waals surface area contributed by atoms with Gasteiger partial charge >= 0.3 is 12.1 Å². The lowest BCUT2D eigenvalue weighted by atomic mass is 10.2. The fourth-order valence-corrected chi connectivity index (χ4v) is 2.99. The molecular weight excluding hydrogens is 400 g/mol. The fraction of sp³-hybridized carbons (Fsp3) is 0.238. The van der Waals surface area contributed by atoms with Crippen LogP contribution in [0.25, 0.3) is 10.9 Å². The minimum Gasteiger partial charge on any atom is -0.457 e. The van der Waals surface area contributed by atoms with Crippen LogP contribution in [0.1, 0.15) is 12.8 Å². The van der Waals surface area contributed by atoms with Gasteiger partial charge in [-0.15, -0.1) is 0 Å². The smallest absolute Gasteiger partial charge is 0.325 e. The Kier molecular flexibility index (Phi) is 5.69. The number of urea groups is 1. The van der Waals surface area contributed by atoms with Crippen molar-refractivity contribution in [2.45, 2.75) is 18.9 Å². The predicted molar refractivity (Wildman–Crippen MR) is 114 cm³/mol. The first-order valence-electron chi connectivity index (χ1n) is 9.83. The molecule has 0 aliphatic heterocycles. The van der Waals surface area contributed by atoms with Gasteiger partial charge < -0.3 is 20.7 Å². The van der Waals surface area contributed by atoms with Gasteiger partial charge in [0.1, 0.15) is 17.3 Å². The molecule has 1 saturated carbocycles. The second-order valence-corrected chi connectivity index (χ2v) is 7.09. The largest absolute Gasteiger partial charge is 0.457 e. The summed E-state index contributed by atoms with van der Waals surface area (Å²) in [5.41, 5.74) is 0.756. The van der Waals surface area contributed by atoms with Gasteiger partial charge in [0.05, 0.1) is 12.1 Å². The summed E-state index contributed by atoms with van der Waals surface area (Å²) >= 11 is 0. The molecule has 1 aliphatic carbocycles. The number of hydrogen-bond donors (Lipinski definition) is 4. The molecule has 31 heavy (non-hydrogen) atoms. The number of carbonyl (C=O) groups is 3. The first-order chi connectivity index (χ1) is 15.0. The first kappa shape index (κ1) is 20.2. The second kappa shape index (κ2) is 8.74. The average molecular weight is 422 g/mol. The number of ether oxygens (including phenoxy) is 1. The van der Waals surface area contributed by atoms with Gasteiger partial charge in [-0.2, -0.15) is 0 Å². The van der Waals surface area contributed by atoms with Crippen molar-refractivity contribution in [3.8, 4) is 11.5 Å². The number of rotatable bonds is 6. The highest BCUT2D eigenvalue weighted by Gasteiger charge is 2.23. The lowest BCUT2D eigenvalue weighted by Crippen LogP contribution is -2.39. The van der Waals surface area contributed by atoms with Crippen LogP contribution in [-0.4, -0.2) is 47.2 Å². The van der Waals surface area contributed by atoms with Gasteiger partial charge in [0.2, 0.25) is 5.91 Å². The number of anilines is 1. The average Bonchev–Trinajstić information content (AvgIpc) is 3.47. The zero-order valence-corrected chi connectivity index (χ0v) is 16.8. The molecule has 0 unspecified atom stereocenters. The molecule has 1 fully saturated rings. The van der Waals surface area contributed by atoms with Crippen molar-refractivity contribution >= 4 is 34.7 Å². The van der Waals surface area contributed by atoms with E-state index in [9.17, 15) is 14.4 Å². The van der Waals surface area contributed by atoms with E-state index in [1.807, 2.05) is 12.1 Å². The molecule has 4 rings (SSSR count). The van der Waals surface area contributed by atoms with E-state index in [4.69, 9.17) is 4.74 Å². The molecule has 0 saturated heterocycles. The van der Waals surface area contributed by atoms with Gasteiger partial charge in [-0.3, -0.25) is 14.7 Å². The highest BCUT2D eigenvalue weighted by molar-refractivity contribution is 5.92. The molecule has 10 nitrogen and oxygen atoms in total. The topological polar surface area (TPSA) is 126 Å². The van der Waals surface area contributed by atoms with Crippen LogP contribution >= 0.6 is 0 Å². The number of nitrogens with one attached hydrogen (secondary N) is 4. The number of pyridine rings is 1. The van der Waals surface area contributed by atoms with E-state index in [0.717, 1.165) is 23.7 Å². The van der Waals surface area contributed by atoms with Crippen molar-refractivity contribution in [1.29, 1.82) is 0 Å². The van der Waals surface area contributed by atoms with E-state index in [0.29, 0.717) is 11.5 Å². The minimum atomic E-state index is -0.535. The summed E-state index contributed by atoms with van der Waals surface area (Å²) < 4.78 is 7.38. The van der Waals surface area contributed by atoms with Crippen LogP contribution in [0.5, 0.6) is 11.5 Å². The van der Waals surface area contributed by atoms with Gasteiger partial charge in [-0.1, -0.05) is 0 Å². The maximum Gasteiger partial charge on any atom is 0.325 e. The molecular formula is C21H22N6O4. The Morgan fingerprint density at radius 3 is 2.71 bits per heavy atom. The lowest BCUT2D eigenvalue weighted by molar-refractivity contribution is -0.120. The minimum absolute atomic E-state index is 0.103. The van der Waals surface area contributed by atoms with Crippen LogP contribution in [0.2, 0.25) is 0 Å². The van der Waals surface area contributed by atoms with E-state index in [1.54, 1.807) is 37.5 Å². The Labute approximate surface area is 178 Å². The second-order valence-electron chi connectivity index (χ2n) is 7.09. The molecule has 2 aromatic heterocycles. The molecule has 160 valence electrons. The highest BCUT2D eigenvalue weighted by Crippen LogP contribution is 2.27. The Morgan fingerprint density at radius 1 is 1.13 bits per heavy atom. The maximum atomic E-state index is 12.0. The number of benzene rings is 1. The predicted octanol–water partition coefficient (Wildman–Crippen LogP) is 2.42. The summed E-state index contributed by atoms with van der Waals surface area (Å²) in [6.45, 7) is -0.103. The Balaban J connectivity index is 1.37. The standard InChI is InChI=1S/C21H22N6O4/c1-22-21(30)27-9-7-13-10-15(4-5-17(13)27)31-16-6-8-23-18(11-16)26-20(29)24-12-19(28)25-14-2-3-14/h4-11,14H,2-3,12H2,1H3,(H,22,30)(H,25,28)(H2,23,24,26,29). The third kappa shape index (κ3) is 5.10. The number of aromatic nitrogens is 2. The third-order valence-electron chi connectivity index (χ3n) is 4.66. The molecule has 10 heteroatoms. The SMILES string of the molecule is CNC(=O)n1ccc2cc(Oc3ccnc(NC(=O)NCC(=O)NC4CC4)c3)ccc21. The van der Waals surface area contributed by atoms with Crippen molar-refractivity contribution in [2.24, 2.45) is 0 Å². The van der Waals surface area contributed by atoms with E-state index in [1.165, 1.54) is 10.8 Å². The molecule has 0 bridgehead atoms. The molecule has 0 radical (unpaired) electrons. The molecule has 1 aliphatic rings. The Hall–Kier alpha value is -4.08. The van der Waals surface area contributed by atoms with Crippen molar-refractivity contribution in [3.05, 3.63) is 48.8 Å². The van der Waals surface area contributed by atoms with Crippen LogP contribution < -0.4 is 26.0 Å². The summed E-state index contributed by atoms with van der Waals surface area (Å²) in [5, 5.41) is 11.3. The molecule has 0 spiro atoms. The fourth-order valence-electron chi connectivity index (χ4n) is 2.99. The molecule has 4 N–H and O–H groups in total. The van der Waals surface area contributed by atoms with E-state index < -0.39 is 6.03 Å². The maximum absolute atomic E-state index is 12.0. The van der Waals surface area contributed by atoms with Gasteiger partial charge in [0.15, 0.2) is 0 Å². The van der Waals surface area contributed by atoms with Gasteiger partial charge in [0.25, 0.3) is 0 Å². The quantitative estimate of drug-likeness (QED) is 0.485. The Morgan fingerprint density at radius 2 is 1.94 bits per heavy atom. The van der Waals surface area contributed by atoms with Crippen LogP contribution in [0, 0.1) is 0 Å². The van der Waals surface area contributed by atoms with Crippen LogP contribution in [0.4, 0.5) is 15.4 Å². The first-order valence-corrected chi connectivity index (χ1v) is 9.83. The number of hydrogen-bond acceptors (Lipinski definition) is 5. The highest BCUT2D eigenvalue weighted by atomic mass is 16.5. The monoisotopic (exact) mass is 422 g/mol. The number of carbonyl (C=O) groups excluding carboxylic acids is 3. The summed E-state index contributed by atoms with van der Waals surface area (Å²) in [4.78, 5) is 39.6. The zero-order chi connectivity index (χ0) is 21.8. The third-order valence-corrected chi connectivity index (χ3v) is 4.66. The molecule has 2 heterocycles. The molecule has 1 aromatic carbocycles. The van der Waals surface area contributed by atoms with Crippen molar-refractivity contribution < 1.29 is 19.1 Å². The molecule has 0 atom stereocenters. The zero-order valence-electron chi connectivity index (χ0n) is 16.8. The van der Waals surface area contributed by atoms with Gasteiger partial charge in [-0.05, 0) is 43.2 Å². The summed E-state index contributed by atoms with van der Waals surface area (Å²) in [6.07, 6.45) is 5.17. The van der Waals surface area contributed by atoms with E-state index in [2.05, 4.69) is 26.3 Å². The summed E-state index contributed by atoms with van der Waals surface area (Å²) in [6, 6.07) is 9.89. The summed E-state index contributed by atoms with van der Waals surface area (Å²) in [7, 11) is 1.57. The van der Waals surface area contributed by atoms with Crippen LogP contribution in [-0.2, 0) is 4.79 Å². The number of amides is 4.